The Morgan fingerprint density at radius 2 is 1.70 bits per heavy atom. The van der Waals surface area contributed by atoms with Gasteiger partial charge in [0, 0.05) is 22.7 Å². The molecule has 0 saturated heterocycles. The Labute approximate surface area is 181 Å². The molecule has 1 heterocycles. The third-order valence-electron chi connectivity index (χ3n) is 4.74. The fourth-order valence-corrected chi connectivity index (χ4v) is 3.49. The van der Waals surface area contributed by atoms with Crippen LogP contribution >= 0.6 is 11.6 Å². The van der Waals surface area contributed by atoms with Crippen LogP contribution < -0.4 is 14.8 Å². The Balaban J connectivity index is 1.47. The second-order valence-corrected chi connectivity index (χ2v) is 7.27. The number of H-pyrrole nitrogens is 1. The Morgan fingerprint density at radius 1 is 0.900 bits per heavy atom. The minimum absolute atomic E-state index is 0.375. The number of ether oxygens (including phenoxy) is 2. The largest absolute Gasteiger partial charge is 0.490 e. The van der Waals surface area contributed by atoms with Crippen molar-refractivity contribution in [3.63, 3.8) is 0 Å². The summed E-state index contributed by atoms with van der Waals surface area (Å²) in [5.41, 5.74) is 3.96. The molecule has 0 aliphatic heterocycles. The topological polar surface area (TPSA) is 59.2 Å². The molecular weight excluding hydrogens is 398 g/mol. The Kier molecular flexibility index (Phi) is 6.52. The standard InChI is InChI=1S/C24H24ClN3O2/c1-2-29-22-13-7-9-17(24(22)30-16-18-8-3-4-10-19(18)25)14-26-15-23-27-20-11-5-6-12-21(20)28-23/h3-13,26H,2,14-16H2,1H3,(H,27,28). The summed E-state index contributed by atoms with van der Waals surface area (Å²) in [5, 5.41) is 4.13. The maximum atomic E-state index is 6.28. The Bertz CT molecular complexity index is 1090. The van der Waals surface area contributed by atoms with Gasteiger partial charge in [0.2, 0.25) is 0 Å². The van der Waals surface area contributed by atoms with Crippen LogP contribution in [0.2, 0.25) is 5.02 Å². The van der Waals surface area contributed by atoms with Crippen LogP contribution in [-0.4, -0.2) is 16.6 Å². The first kappa shape index (κ1) is 20.3. The molecule has 0 radical (unpaired) electrons. The SMILES string of the molecule is CCOc1cccc(CNCc2nc3ccccc3[nH]2)c1OCc1ccccc1Cl. The normalized spacial score (nSPS) is 11.0. The van der Waals surface area contributed by atoms with Gasteiger partial charge in [0.25, 0.3) is 0 Å². The zero-order valence-electron chi connectivity index (χ0n) is 16.8. The van der Waals surface area contributed by atoms with E-state index >= 15 is 0 Å². The molecular formula is C24H24ClN3O2. The van der Waals surface area contributed by atoms with E-state index in [9.17, 15) is 0 Å². The first-order valence-electron chi connectivity index (χ1n) is 10.00. The van der Waals surface area contributed by atoms with Crippen molar-refractivity contribution in [2.24, 2.45) is 0 Å². The zero-order valence-corrected chi connectivity index (χ0v) is 17.6. The minimum Gasteiger partial charge on any atom is -0.490 e. The first-order valence-corrected chi connectivity index (χ1v) is 10.4. The molecule has 0 aliphatic carbocycles. The molecule has 0 atom stereocenters. The quantitative estimate of drug-likeness (QED) is 0.375. The Hall–Kier alpha value is -3.02. The number of hydrogen-bond acceptors (Lipinski definition) is 4. The minimum atomic E-state index is 0.375. The van der Waals surface area contributed by atoms with Gasteiger partial charge in [0.05, 0.1) is 24.2 Å². The molecule has 0 aliphatic rings. The van der Waals surface area contributed by atoms with E-state index < -0.39 is 0 Å². The maximum absolute atomic E-state index is 6.28. The third kappa shape index (κ3) is 4.75. The van der Waals surface area contributed by atoms with Crippen LogP contribution in [0.15, 0.2) is 66.7 Å². The summed E-state index contributed by atoms with van der Waals surface area (Å²) in [5.74, 6) is 2.36. The van der Waals surface area contributed by atoms with Crippen LogP contribution in [0, 0.1) is 0 Å². The van der Waals surface area contributed by atoms with Gasteiger partial charge in [0.1, 0.15) is 12.4 Å². The van der Waals surface area contributed by atoms with E-state index in [0.717, 1.165) is 39.5 Å². The summed E-state index contributed by atoms with van der Waals surface area (Å²) in [6, 6.07) is 21.6. The molecule has 0 unspecified atom stereocenters. The van der Waals surface area contributed by atoms with Gasteiger partial charge >= 0.3 is 0 Å². The molecule has 0 fully saturated rings. The first-order chi connectivity index (χ1) is 14.7. The molecule has 154 valence electrons. The second-order valence-electron chi connectivity index (χ2n) is 6.86. The van der Waals surface area contributed by atoms with Gasteiger partial charge in [-0.2, -0.15) is 0 Å². The highest BCUT2D eigenvalue weighted by Crippen LogP contribution is 2.33. The number of fused-ring (bicyclic) bond motifs is 1. The van der Waals surface area contributed by atoms with E-state index in [4.69, 9.17) is 21.1 Å². The second kappa shape index (κ2) is 9.65. The summed E-state index contributed by atoms with van der Waals surface area (Å²) in [7, 11) is 0. The van der Waals surface area contributed by atoms with Crippen LogP contribution in [-0.2, 0) is 19.7 Å². The third-order valence-corrected chi connectivity index (χ3v) is 5.11. The van der Waals surface area contributed by atoms with Crippen molar-refractivity contribution in [2.45, 2.75) is 26.6 Å². The van der Waals surface area contributed by atoms with E-state index in [1.165, 1.54) is 0 Å². The lowest BCUT2D eigenvalue weighted by molar-refractivity contribution is 0.266. The van der Waals surface area contributed by atoms with Crippen molar-refractivity contribution >= 4 is 22.6 Å². The molecule has 3 aromatic carbocycles. The average molecular weight is 422 g/mol. The summed E-state index contributed by atoms with van der Waals surface area (Å²) >= 11 is 6.28. The van der Waals surface area contributed by atoms with Crippen LogP contribution in [0.4, 0.5) is 0 Å². The van der Waals surface area contributed by atoms with E-state index in [0.29, 0.717) is 31.3 Å². The average Bonchev–Trinajstić information content (AvgIpc) is 3.17. The molecule has 0 spiro atoms. The zero-order chi connectivity index (χ0) is 20.8. The van der Waals surface area contributed by atoms with Crippen molar-refractivity contribution in [2.75, 3.05) is 6.61 Å². The highest BCUT2D eigenvalue weighted by atomic mass is 35.5. The molecule has 0 amide bonds. The number of halogens is 1. The summed E-state index contributed by atoms with van der Waals surface area (Å²) in [4.78, 5) is 7.95. The molecule has 0 bridgehead atoms. The number of rotatable bonds is 9. The highest BCUT2D eigenvalue weighted by molar-refractivity contribution is 6.31. The van der Waals surface area contributed by atoms with E-state index in [1.807, 2.05) is 73.7 Å². The lowest BCUT2D eigenvalue weighted by Crippen LogP contribution is -2.15. The number of aromatic amines is 1. The fourth-order valence-electron chi connectivity index (χ4n) is 3.30. The fraction of sp³-hybridized carbons (Fsp3) is 0.208. The Morgan fingerprint density at radius 3 is 2.53 bits per heavy atom. The van der Waals surface area contributed by atoms with Gasteiger partial charge < -0.3 is 19.8 Å². The highest BCUT2D eigenvalue weighted by Gasteiger charge is 2.12. The van der Waals surface area contributed by atoms with Crippen molar-refractivity contribution < 1.29 is 9.47 Å². The lowest BCUT2D eigenvalue weighted by Gasteiger charge is -2.17. The molecule has 4 aromatic rings. The van der Waals surface area contributed by atoms with E-state index in [-0.39, 0.29) is 0 Å². The van der Waals surface area contributed by atoms with Gasteiger partial charge in [-0.05, 0) is 31.2 Å². The summed E-state index contributed by atoms with van der Waals surface area (Å²) < 4.78 is 12.0. The molecule has 5 nitrogen and oxygen atoms in total. The number of imidazole rings is 1. The maximum Gasteiger partial charge on any atom is 0.166 e. The van der Waals surface area contributed by atoms with Gasteiger partial charge in [-0.3, -0.25) is 0 Å². The van der Waals surface area contributed by atoms with Crippen molar-refractivity contribution in [3.8, 4) is 11.5 Å². The smallest absolute Gasteiger partial charge is 0.166 e. The molecule has 4 rings (SSSR count). The van der Waals surface area contributed by atoms with Gasteiger partial charge in [-0.15, -0.1) is 0 Å². The number of nitrogens with zero attached hydrogens (tertiary/aromatic N) is 1. The van der Waals surface area contributed by atoms with Gasteiger partial charge in [0.15, 0.2) is 11.5 Å². The predicted octanol–water partition coefficient (Wildman–Crippen LogP) is 5.48. The molecule has 2 N–H and O–H groups in total. The van der Waals surface area contributed by atoms with E-state index in [1.54, 1.807) is 0 Å². The summed E-state index contributed by atoms with van der Waals surface area (Å²) in [6.07, 6.45) is 0. The van der Waals surface area contributed by atoms with Crippen LogP contribution in [0.25, 0.3) is 11.0 Å². The van der Waals surface area contributed by atoms with Crippen molar-refractivity contribution in [1.29, 1.82) is 0 Å². The number of benzene rings is 3. The van der Waals surface area contributed by atoms with E-state index in [2.05, 4.69) is 15.3 Å². The van der Waals surface area contributed by atoms with Gasteiger partial charge in [-0.1, -0.05) is 54.1 Å². The molecule has 1 aromatic heterocycles. The lowest BCUT2D eigenvalue weighted by atomic mass is 10.1. The molecule has 6 heteroatoms. The number of aromatic nitrogens is 2. The number of nitrogens with one attached hydrogen (secondary N) is 2. The van der Waals surface area contributed by atoms with Gasteiger partial charge in [-0.25, -0.2) is 4.98 Å². The summed E-state index contributed by atoms with van der Waals surface area (Å²) in [6.45, 7) is 4.15. The predicted molar refractivity (Wildman–Crippen MR) is 120 cm³/mol. The van der Waals surface area contributed by atoms with Crippen molar-refractivity contribution in [3.05, 3.63) is 88.7 Å². The van der Waals surface area contributed by atoms with Crippen LogP contribution in [0.1, 0.15) is 23.9 Å². The molecule has 30 heavy (non-hydrogen) atoms. The van der Waals surface area contributed by atoms with Crippen LogP contribution in [0.3, 0.4) is 0 Å². The number of hydrogen-bond donors (Lipinski definition) is 2. The van der Waals surface area contributed by atoms with Crippen molar-refractivity contribution in [1.82, 2.24) is 15.3 Å². The molecule has 0 saturated carbocycles. The number of para-hydroxylation sites is 3. The monoisotopic (exact) mass is 421 g/mol. The van der Waals surface area contributed by atoms with Crippen LogP contribution in [0.5, 0.6) is 11.5 Å².